The van der Waals surface area contributed by atoms with Gasteiger partial charge in [0.25, 0.3) is 0 Å². The molecule has 0 radical (unpaired) electrons. The van der Waals surface area contributed by atoms with Gasteiger partial charge in [0.05, 0.1) is 13.2 Å². The third-order valence-electron chi connectivity index (χ3n) is 3.13. The van der Waals surface area contributed by atoms with Crippen LogP contribution >= 0.6 is 11.6 Å². The molecule has 0 bridgehead atoms. The number of hydrogen-bond donors (Lipinski definition) is 3. The van der Waals surface area contributed by atoms with Gasteiger partial charge in [-0.1, -0.05) is 17.7 Å². The number of hydrazine groups is 1. The van der Waals surface area contributed by atoms with Gasteiger partial charge in [0.2, 0.25) is 17.8 Å². The van der Waals surface area contributed by atoms with Gasteiger partial charge in [-0.2, -0.15) is 15.0 Å². The molecular formula is C13H16ClN7O. The fraction of sp³-hybridized carbons (Fsp3) is 0.308. The standard InChI is InChI=1S/C13H16ClN7O/c14-9-2-1-3-10(8-9)16-11-17-12(20-15)19-13(18-11)21-4-6-22-7-5-21/h1-3,8H,4-7,15H2,(H2,16,17,18,19,20). The lowest BCUT2D eigenvalue weighted by atomic mass is 10.3. The van der Waals surface area contributed by atoms with E-state index in [1.54, 1.807) is 12.1 Å². The second-order valence-electron chi connectivity index (χ2n) is 4.66. The highest BCUT2D eigenvalue weighted by Gasteiger charge is 2.16. The average molecular weight is 322 g/mol. The number of nitrogen functional groups attached to an aromatic ring is 1. The predicted octanol–water partition coefficient (Wildman–Crippen LogP) is 1.39. The van der Waals surface area contributed by atoms with Crippen LogP contribution in [0.3, 0.4) is 0 Å². The van der Waals surface area contributed by atoms with Crippen molar-refractivity contribution in [2.24, 2.45) is 5.84 Å². The van der Waals surface area contributed by atoms with E-state index in [1.165, 1.54) is 0 Å². The van der Waals surface area contributed by atoms with Gasteiger partial charge in [0, 0.05) is 23.8 Å². The third-order valence-corrected chi connectivity index (χ3v) is 3.36. The molecule has 1 aliphatic heterocycles. The molecule has 9 heteroatoms. The summed E-state index contributed by atoms with van der Waals surface area (Å²) in [6, 6.07) is 7.30. The Kier molecular flexibility index (Phi) is 4.52. The molecule has 0 spiro atoms. The van der Waals surface area contributed by atoms with E-state index in [-0.39, 0.29) is 0 Å². The number of nitrogens with two attached hydrogens (primary N) is 1. The Hall–Kier alpha value is -2.16. The Balaban J connectivity index is 1.86. The minimum Gasteiger partial charge on any atom is -0.378 e. The monoisotopic (exact) mass is 321 g/mol. The number of benzene rings is 1. The molecule has 8 nitrogen and oxygen atoms in total. The zero-order valence-electron chi connectivity index (χ0n) is 11.8. The van der Waals surface area contributed by atoms with Gasteiger partial charge in [0.1, 0.15) is 0 Å². The summed E-state index contributed by atoms with van der Waals surface area (Å²) in [5, 5.41) is 3.73. The SMILES string of the molecule is NNc1nc(Nc2cccc(Cl)c2)nc(N2CCOCC2)n1. The van der Waals surface area contributed by atoms with E-state index in [9.17, 15) is 0 Å². The van der Waals surface area contributed by atoms with Crippen molar-refractivity contribution in [3.63, 3.8) is 0 Å². The maximum atomic E-state index is 5.98. The van der Waals surface area contributed by atoms with E-state index in [0.717, 1.165) is 18.8 Å². The average Bonchev–Trinajstić information content (AvgIpc) is 2.55. The maximum absolute atomic E-state index is 5.98. The second kappa shape index (κ2) is 6.73. The Bertz CT molecular complexity index is 648. The Labute approximate surface area is 132 Å². The van der Waals surface area contributed by atoms with E-state index in [1.807, 2.05) is 17.0 Å². The fourth-order valence-electron chi connectivity index (χ4n) is 2.09. The summed E-state index contributed by atoms with van der Waals surface area (Å²) in [5.74, 6) is 6.68. The lowest BCUT2D eigenvalue weighted by molar-refractivity contribution is 0.122. The molecule has 0 atom stereocenters. The summed E-state index contributed by atoms with van der Waals surface area (Å²) in [6.07, 6.45) is 0. The first-order valence-electron chi connectivity index (χ1n) is 6.82. The van der Waals surface area contributed by atoms with Crippen LogP contribution in [0.4, 0.5) is 23.5 Å². The summed E-state index contributed by atoms with van der Waals surface area (Å²) in [5.41, 5.74) is 3.24. The summed E-state index contributed by atoms with van der Waals surface area (Å²) >= 11 is 5.98. The van der Waals surface area contributed by atoms with Crippen molar-refractivity contribution in [2.45, 2.75) is 0 Å². The number of rotatable bonds is 4. The zero-order valence-corrected chi connectivity index (χ0v) is 12.5. The van der Waals surface area contributed by atoms with Gasteiger partial charge >= 0.3 is 0 Å². The van der Waals surface area contributed by atoms with E-state index in [2.05, 4.69) is 25.7 Å². The molecule has 3 rings (SSSR count). The van der Waals surface area contributed by atoms with Crippen LogP contribution in [0.25, 0.3) is 0 Å². The summed E-state index contributed by atoms with van der Waals surface area (Å²) in [7, 11) is 0. The molecule has 0 unspecified atom stereocenters. The summed E-state index contributed by atoms with van der Waals surface area (Å²) in [6.45, 7) is 2.75. The van der Waals surface area contributed by atoms with E-state index in [4.69, 9.17) is 22.2 Å². The highest BCUT2D eigenvalue weighted by molar-refractivity contribution is 6.30. The van der Waals surface area contributed by atoms with Crippen LogP contribution in [0.15, 0.2) is 24.3 Å². The lowest BCUT2D eigenvalue weighted by Crippen LogP contribution is -2.37. The number of halogens is 1. The van der Waals surface area contributed by atoms with Crippen molar-refractivity contribution in [3.8, 4) is 0 Å². The Morgan fingerprint density at radius 2 is 1.91 bits per heavy atom. The number of hydrogen-bond acceptors (Lipinski definition) is 8. The quantitative estimate of drug-likeness (QED) is 0.573. The smallest absolute Gasteiger partial charge is 0.243 e. The second-order valence-corrected chi connectivity index (χ2v) is 5.10. The molecule has 4 N–H and O–H groups in total. The molecule has 1 aromatic carbocycles. The number of anilines is 4. The molecule has 1 aliphatic rings. The highest BCUT2D eigenvalue weighted by atomic mass is 35.5. The first kappa shape index (κ1) is 14.8. The van der Waals surface area contributed by atoms with E-state index >= 15 is 0 Å². The predicted molar refractivity (Wildman–Crippen MR) is 85.4 cm³/mol. The molecule has 1 fully saturated rings. The van der Waals surface area contributed by atoms with Crippen LogP contribution in [0.2, 0.25) is 5.02 Å². The third kappa shape index (κ3) is 3.53. The van der Waals surface area contributed by atoms with Gasteiger partial charge in [-0.05, 0) is 18.2 Å². The maximum Gasteiger partial charge on any atom is 0.243 e. The van der Waals surface area contributed by atoms with Crippen molar-refractivity contribution in [3.05, 3.63) is 29.3 Å². The Morgan fingerprint density at radius 1 is 1.14 bits per heavy atom. The van der Waals surface area contributed by atoms with E-state index < -0.39 is 0 Å². The number of aromatic nitrogens is 3. The van der Waals surface area contributed by atoms with Gasteiger partial charge in [-0.25, -0.2) is 5.84 Å². The van der Waals surface area contributed by atoms with Crippen molar-refractivity contribution >= 4 is 35.1 Å². The van der Waals surface area contributed by atoms with Crippen molar-refractivity contribution in [2.75, 3.05) is 41.9 Å². The Morgan fingerprint density at radius 3 is 2.64 bits per heavy atom. The lowest BCUT2D eigenvalue weighted by Gasteiger charge is -2.27. The minimum atomic E-state index is 0.293. The number of nitrogens with zero attached hydrogens (tertiary/aromatic N) is 4. The van der Waals surface area contributed by atoms with Crippen LogP contribution in [-0.2, 0) is 4.74 Å². The van der Waals surface area contributed by atoms with Crippen LogP contribution in [0.1, 0.15) is 0 Å². The van der Waals surface area contributed by atoms with Crippen LogP contribution < -0.4 is 21.5 Å². The van der Waals surface area contributed by atoms with Crippen molar-refractivity contribution in [1.82, 2.24) is 15.0 Å². The minimum absolute atomic E-state index is 0.293. The normalized spacial score (nSPS) is 14.7. The molecule has 2 heterocycles. The van der Waals surface area contributed by atoms with Crippen molar-refractivity contribution < 1.29 is 4.74 Å². The van der Waals surface area contributed by atoms with Crippen LogP contribution in [-0.4, -0.2) is 41.3 Å². The zero-order chi connectivity index (χ0) is 15.4. The topological polar surface area (TPSA) is 101 Å². The highest BCUT2D eigenvalue weighted by Crippen LogP contribution is 2.20. The molecule has 116 valence electrons. The molecule has 0 aliphatic carbocycles. The van der Waals surface area contributed by atoms with E-state index in [0.29, 0.717) is 36.1 Å². The van der Waals surface area contributed by atoms with Crippen molar-refractivity contribution in [1.29, 1.82) is 0 Å². The molecule has 1 saturated heterocycles. The molecule has 1 aromatic heterocycles. The molecule has 2 aromatic rings. The molecule has 0 saturated carbocycles. The van der Waals surface area contributed by atoms with Gasteiger partial charge in [-0.3, -0.25) is 5.43 Å². The largest absolute Gasteiger partial charge is 0.378 e. The first-order valence-corrected chi connectivity index (χ1v) is 7.20. The summed E-state index contributed by atoms with van der Waals surface area (Å²) in [4.78, 5) is 14.9. The fourth-order valence-corrected chi connectivity index (χ4v) is 2.28. The molecule has 0 amide bonds. The van der Waals surface area contributed by atoms with Crippen LogP contribution in [0, 0.1) is 0 Å². The molecular weight excluding hydrogens is 306 g/mol. The van der Waals surface area contributed by atoms with Crippen LogP contribution in [0.5, 0.6) is 0 Å². The van der Waals surface area contributed by atoms with Gasteiger partial charge in [0.15, 0.2) is 0 Å². The number of ether oxygens (including phenoxy) is 1. The number of morpholine rings is 1. The summed E-state index contributed by atoms with van der Waals surface area (Å²) < 4.78 is 5.33. The molecule has 22 heavy (non-hydrogen) atoms. The number of nitrogens with one attached hydrogen (secondary N) is 2. The first-order chi connectivity index (χ1) is 10.7. The van der Waals surface area contributed by atoms with Gasteiger partial charge < -0.3 is 15.0 Å². The van der Waals surface area contributed by atoms with Gasteiger partial charge in [-0.15, -0.1) is 0 Å².